The quantitative estimate of drug-likeness (QED) is 0.864. The van der Waals surface area contributed by atoms with Crippen molar-refractivity contribution in [3.63, 3.8) is 0 Å². The van der Waals surface area contributed by atoms with Crippen molar-refractivity contribution in [2.24, 2.45) is 0 Å². The monoisotopic (exact) mass is 311 g/mol. The Kier molecular flexibility index (Phi) is 3.75. The lowest BCUT2D eigenvalue weighted by Crippen LogP contribution is -2.26. The van der Waals surface area contributed by atoms with Crippen LogP contribution in [0.5, 0.6) is 11.5 Å². The summed E-state index contributed by atoms with van der Waals surface area (Å²) in [6.07, 6.45) is 3.31. The van der Waals surface area contributed by atoms with E-state index in [1.165, 1.54) is 18.4 Å². The third kappa shape index (κ3) is 2.36. The van der Waals surface area contributed by atoms with Gasteiger partial charge in [0.25, 0.3) is 0 Å². The summed E-state index contributed by atoms with van der Waals surface area (Å²) < 4.78 is 12.8. The number of hydrogen-bond donors (Lipinski definition) is 1. The van der Waals surface area contributed by atoms with Crippen LogP contribution in [-0.2, 0) is 0 Å². The molecule has 3 rings (SSSR count). The van der Waals surface area contributed by atoms with Crippen LogP contribution >= 0.6 is 15.9 Å². The highest BCUT2D eigenvalue weighted by atomic mass is 79.9. The van der Waals surface area contributed by atoms with Crippen LogP contribution < -0.4 is 14.8 Å². The van der Waals surface area contributed by atoms with Crippen LogP contribution in [0.1, 0.15) is 30.7 Å². The van der Waals surface area contributed by atoms with Gasteiger partial charge in [0.1, 0.15) is 0 Å². The van der Waals surface area contributed by atoms with Crippen LogP contribution in [-0.4, -0.2) is 26.3 Å². The third-order valence-corrected chi connectivity index (χ3v) is 4.28. The van der Waals surface area contributed by atoms with Crippen molar-refractivity contribution in [1.82, 2.24) is 5.32 Å². The second-order valence-electron chi connectivity index (χ2n) is 4.87. The molecule has 1 fully saturated rings. The van der Waals surface area contributed by atoms with Crippen molar-refractivity contribution in [3.05, 3.63) is 22.2 Å². The van der Waals surface area contributed by atoms with Crippen molar-refractivity contribution in [2.45, 2.75) is 25.2 Å². The highest BCUT2D eigenvalue weighted by Gasteiger charge is 2.24. The summed E-state index contributed by atoms with van der Waals surface area (Å²) in [4.78, 5) is 0. The number of rotatable bonds is 1. The molecule has 2 heterocycles. The summed E-state index contributed by atoms with van der Waals surface area (Å²) in [5.41, 5.74) is 1.32. The van der Waals surface area contributed by atoms with E-state index in [9.17, 15) is 0 Å². The van der Waals surface area contributed by atoms with Gasteiger partial charge in [-0.25, -0.2) is 0 Å². The molecule has 18 heavy (non-hydrogen) atoms. The van der Waals surface area contributed by atoms with Gasteiger partial charge in [-0.3, -0.25) is 0 Å². The van der Waals surface area contributed by atoms with Crippen molar-refractivity contribution in [3.8, 4) is 11.5 Å². The zero-order valence-electron chi connectivity index (χ0n) is 10.4. The van der Waals surface area contributed by atoms with Crippen molar-refractivity contribution in [2.75, 3.05) is 26.3 Å². The van der Waals surface area contributed by atoms with Crippen LogP contribution in [0, 0.1) is 0 Å². The van der Waals surface area contributed by atoms with E-state index in [1.54, 1.807) is 0 Å². The predicted molar refractivity (Wildman–Crippen MR) is 74.6 cm³/mol. The van der Waals surface area contributed by atoms with E-state index in [2.05, 4.69) is 33.4 Å². The average Bonchev–Trinajstić information content (AvgIpc) is 2.67. The fraction of sp³-hybridized carbons (Fsp3) is 0.571. The standard InChI is InChI=1S/C14H18BrNO2/c15-12-3-2-11(10-4-6-16-7-5-10)13-14(12)18-9-1-8-17-13/h2-3,10,16H,1,4-9H2. The van der Waals surface area contributed by atoms with Gasteiger partial charge in [-0.2, -0.15) is 0 Å². The van der Waals surface area contributed by atoms with Crippen LogP contribution in [0.4, 0.5) is 0 Å². The molecule has 0 radical (unpaired) electrons. The fourth-order valence-electron chi connectivity index (χ4n) is 2.70. The summed E-state index contributed by atoms with van der Waals surface area (Å²) in [7, 11) is 0. The second kappa shape index (κ2) is 5.49. The van der Waals surface area contributed by atoms with Crippen molar-refractivity contribution < 1.29 is 9.47 Å². The molecule has 2 aliphatic heterocycles. The fourth-order valence-corrected chi connectivity index (χ4v) is 3.13. The largest absolute Gasteiger partial charge is 0.489 e. The molecule has 2 aliphatic rings. The van der Waals surface area contributed by atoms with Gasteiger partial charge in [-0.05, 0) is 53.8 Å². The first-order valence-corrected chi connectivity index (χ1v) is 7.44. The number of halogens is 1. The molecule has 4 heteroatoms. The number of hydrogen-bond acceptors (Lipinski definition) is 3. The Balaban J connectivity index is 1.98. The molecule has 1 aromatic carbocycles. The van der Waals surface area contributed by atoms with Gasteiger partial charge in [-0.1, -0.05) is 6.07 Å². The SMILES string of the molecule is Brc1ccc(C2CCNCC2)c2c1OCCCO2. The normalized spacial score (nSPS) is 20.5. The van der Waals surface area contributed by atoms with Gasteiger partial charge in [0.2, 0.25) is 0 Å². The van der Waals surface area contributed by atoms with E-state index in [0.29, 0.717) is 5.92 Å². The van der Waals surface area contributed by atoms with E-state index in [0.717, 1.165) is 48.7 Å². The van der Waals surface area contributed by atoms with Gasteiger partial charge in [0.15, 0.2) is 11.5 Å². The Hall–Kier alpha value is -0.740. The first-order valence-electron chi connectivity index (χ1n) is 6.65. The molecule has 0 spiro atoms. The van der Waals surface area contributed by atoms with Gasteiger partial charge in [0.05, 0.1) is 17.7 Å². The molecule has 0 aromatic heterocycles. The van der Waals surface area contributed by atoms with E-state index in [-0.39, 0.29) is 0 Å². The lowest BCUT2D eigenvalue weighted by atomic mass is 9.89. The highest BCUT2D eigenvalue weighted by Crippen LogP contribution is 2.44. The van der Waals surface area contributed by atoms with Gasteiger partial charge >= 0.3 is 0 Å². The zero-order valence-corrected chi connectivity index (χ0v) is 12.0. The Bertz CT molecular complexity index is 430. The Morgan fingerprint density at radius 2 is 1.78 bits per heavy atom. The van der Waals surface area contributed by atoms with E-state index >= 15 is 0 Å². The summed E-state index contributed by atoms with van der Waals surface area (Å²) in [5, 5.41) is 3.41. The van der Waals surface area contributed by atoms with Crippen LogP contribution in [0.2, 0.25) is 0 Å². The minimum absolute atomic E-state index is 0.592. The number of piperidine rings is 1. The number of fused-ring (bicyclic) bond motifs is 1. The van der Waals surface area contributed by atoms with Gasteiger partial charge in [0, 0.05) is 12.0 Å². The Labute approximate surface area is 116 Å². The highest BCUT2D eigenvalue weighted by molar-refractivity contribution is 9.10. The van der Waals surface area contributed by atoms with E-state index in [1.807, 2.05) is 0 Å². The lowest BCUT2D eigenvalue weighted by Gasteiger charge is -2.25. The predicted octanol–water partition coefficient (Wildman–Crippen LogP) is 3.08. The third-order valence-electron chi connectivity index (χ3n) is 3.66. The minimum atomic E-state index is 0.592. The topological polar surface area (TPSA) is 30.5 Å². The number of benzene rings is 1. The molecule has 1 N–H and O–H groups in total. The van der Waals surface area contributed by atoms with Crippen molar-refractivity contribution in [1.29, 1.82) is 0 Å². The minimum Gasteiger partial charge on any atom is -0.489 e. The maximum Gasteiger partial charge on any atom is 0.175 e. The summed E-state index contributed by atoms with van der Waals surface area (Å²) in [5.74, 6) is 2.45. The molecule has 0 bridgehead atoms. The molecule has 98 valence electrons. The molecular weight excluding hydrogens is 294 g/mol. The van der Waals surface area contributed by atoms with Crippen LogP contribution in [0.3, 0.4) is 0 Å². The second-order valence-corrected chi connectivity index (χ2v) is 5.72. The smallest absolute Gasteiger partial charge is 0.175 e. The molecule has 0 amide bonds. The average molecular weight is 312 g/mol. The molecule has 1 saturated heterocycles. The first kappa shape index (κ1) is 12.3. The molecule has 0 saturated carbocycles. The van der Waals surface area contributed by atoms with Gasteiger partial charge in [-0.15, -0.1) is 0 Å². The Morgan fingerprint density at radius 1 is 1.06 bits per heavy atom. The summed E-state index contributed by atoms with van der Waals surface area (Å²) >= 11 is 3.56. The maximum atomic E-state index is 5.94. The molecule has 3 nitrogen and oxygen atoms in total. The molecule has 1 aromatic rings. The van der Waals surface area contributed by atoms with Crippen molar-refractivity contribution >= 4 is 15.9 Å². The van der Waals surface area contributed by atoms with Gasteiger partial charge < -0.3 is 14.8 Å². The van der Waals surface area contributed by atoms with Crippen LogP contribution in [0.25, 0.3) is 0 Å². The maximum absolute atomic E-state index is 5.94. The van der Waals surface area contributed by atoms with E-state index in [4.69, 9.17) is 9.47 Å². The summed E-state index contributed by atoms with van der Waals surface area (Å²) in [6.45, 7) is 3.68. The molecular formula is C14H18BrNO2. The number of ether oxygens (including phenoxy) is 2. The molecule has 0 atom stereocenters. The van der Waals surface area contributed by atoms with Crippen LogP contribution in [0.15, 0.2) is 16.6 Å². The lowest BCUT2D eigenvalue weighted by molar-refractivity contribution is 0.294. The number of nitrogens with one attached hydrogen (secondary N) is 1. The summed E-state index contributed by atoms with van der Waals surface area (Å²) in [6, 6.07) is 4.28. The molecule has 0 unspecified atom stereocenters. The first-order chi connectivity index (χ1) is 8.86. The van der Waals surface area contributed by atoms with E-state index < -0.39 is 0 Å². The zero-order chi connectivity index (χ0) is 12.4. The Morgan fingerprint density at radius 3 is 2.56 bits per heavy atom. The molecule has 0 aliphatic carbocycles.